The molecular weight excluding hydrogens is 228 g/mol. The fourth-order valence-electron chi connectivity index (χ4n) is 2.34. The summed E-state index contributed by atoms with van der Waals surface area (Å²) in [4.78, 5) is 24.6. The van der Waals surface area contributed by atoms with Crippen LogP contribution in [-0.2, 0) is 11.7 Å². The predicted octanol–water partition coefficient (Wildman–Crippen LogP) is 2.39. The smallest absolute Gasteiger partial charge is 0.194 e. The van der Waals surface area contributed by atoms with Crippen molar-refractivity contribution in [2.24, 2.45) is 0 Å². The van der Waals surface area contributed by atoms with Crippen LogP contribution in [0.1, 0.15) is 37.4 Å². The van der Waals surface area contributed by atoms with Crippen LogP contribution in [0, 0.1) is 0 Å². The van der Waals surface area contributed by atoms with Crippen LogP contribution in [0.4, 0.5) is 0 Å². The van der Waals surface area contributed by atoms with Crippen LogP contribution in [0.2, 0.25) is 0 Å². The summed E-state index contributed by atoms with van der Waals surface area (Å²) in [6, 6.07) is 11.6. The lowest BCUT2D eigenvalue weighted by atomic mass is 9.82. The quantitative estimate of drug-likeness (QED) is 0.652. The van der Waals surface area contributed by atoms with Gasteiger partial charge in [0.05, 0.1) is 0 Å². The Kier molecular flexibility index (Phi) is 2.35. The minimum Gasteiger partial charge on any atom is -0.289 e. The fourth-order valence-corrected chi connectivity index (χ4v) is 2.34. The van der Waals surface area contributed by atoms with E-state index in [0.717, 1.165) is 0 Å². The van der Waals surface area contributed by atoms with E-state index in [9.17, 15) is 14.7 Å². The normalized spacial score (nSPS) is 13.2. The van der Waals surface area contributed by atoms with Crippen molar-refractivity contribution in [3.05, 3.63) is 70.3 Å². The second kappa shape index (κ2) is 3.89. The van der Waals surface area contributed by atoms with Gasteiger partial charge < -0.3 is 0 Å². The minimum absolute atomic E-state index is 0.185. The van der Waals surface area contributed by atoms with Crippen LogP contribution in [-0.4, -0.2) is 11.6 Å². The van der Waals surface area contributed by atoms with Crippen LogP contribution < -0.4 is 0 Å². The van der Waals surface area contributed by atoms with Gasteiger partial charge in [0.15, 0.2) is 11.6 Å². The van der Waals surface area contributed by atoms with E-state index in [0.29, 0.717) is 22.3 Å². The van der Waals surface area contributed by atoms with Crippen molar-refractivity contribution in [3.8, 4) is 0 Å². The fraction of sp³-hybridized carbons (Fsp3) is 0.0667. The Bertz CT molecular complexity index is 671. The van der Waals surface area contributed by atoms with Crippen molar-refractivity contribution < 1.29 is 14.7 Å². The van der Waals surface area contributed by atoms with E-state index in [1.807, 2.05) is 0 Å². The lowest BCUT2D eigenvalue weighted by molar-refractivity contribution is 0.0974. The highest BCUT2D eigenvalue weighted by atomic mass is 16.3. The van der Waals surface area contributed by atoms with Gasteiger partial charge in [0.1, 0.15) is 6.61 Å². The zero-order valence-corrected chi connectivity index (χ0v) is 9.47. The topological polar surface area (TPSA) is 54.0 Å². The highest BCUT2D eigenvalue weighted by Crippen LogP contribution is 2.29. The van der Waals surface area contributed by atoms with E-state index in [1.165, 1.54) is 0 Å². The molecule has 1 aliphatic carbocycles. The van der Waals surface area contributed by atoms with Gasteiger partial charge in [0.25, 0.3) is 0 Å². The lowest BCUT2D eigenvalue weighted by Crippen LogP contribution is -2.22. The Balaban J connectivity index is 2.34. The van der Waals surface area contributed by atoms with Crippen molar-refractivity contribution in [2.75, 3.05) is 0 Å². The van der Waals surface area contributed by atoms with Crippen molar-refractivity contribution >= 4 is 11.6 Å². The summed E-state index contributed by atoms with van der Waals surface area (Å²) in [5, 5.41) is 11.1. The monoisotopic (exact) mass is 237 g/mol. The summed E-state index contributed by atoms with van der Waals surface area (Å²) in [5.41, 5.74) is 1.80. The molecule has 0 unspecified atom stereocenters. The second-order valence-electron chi connectivity index (χ2n) is 4.19. The van der Waals surface area contributed by atoms with E-state index < -0.39 is 6.61 Å². The van der Waals surface area contributed by atoms with Crippen molar-refractivity contribution in [2.45, 2.75) is 6.61 Å². The number of carbonyl (C=O) groups is 2. The van der Waals surface area contributed by atoms with Gasteiger partial charge in [0.2, 0.25) is 0 Å². The maximum atomic E-state index is 12.3. The molecular formula is C15H9O3. The highest BCUT2D eigenvalue weighted by Gasteiger charge is 2.30. The Morgan fingerprint density at radius 3 is 2.00 bits per heavy atom. The first-order valence-electron chi connectivity index (χ1n) is 5.62. The standard InChI is InChI=1S/C15H9O3/c16-8-9-4-3-7-12-13(9)15(18)11-6-2-1-5-10(11)14(12)17/h1-7H,8H2. The largest absolute Gasteiger partial charge is 0.289 e. The molecule has 0 saturated heterocycles. The molecule has 0 aromatic heterocycles. The van der Waals surface area contributed by atoms with Gasteiger partial charge in [-0.3, -0.25) is 9.59 Å². The van der Waals surface area contributed by atoms with E-state index in [-0.39, 0.29) is 17.1 Å². The van der Waals surface area contributed by atoms with E-state index >= 15 is 0 Å². The number of benzene rings is 2. The average molecular weight is 237 g/mol. The molecule has 0 atom stereocenters. The van der Waals surface area contributed by atoms with Crippen molar-refractivity contribution in [1.82, 2.24) is 0 Å². The van der Waals surface area contributed by atoms with Crippen molar-refractivity contribution in [3.63, 3.8) is 0 Å². The lowest BCUT2D eigenvalue weighted by Gasteiger charge is -2.18. The van der Waals surface area contributed by atoms with Gasteiger partial charge in [-0.2, -0.15) is 0 Å². The van der Waals surface area contributed by atoms with Gasteiger partial charge in [-0.1, -0.05) is 42.5 Å². The van der Waals surface area contributed by atoms with Gasteiger partial charge in [0, 0.05) is 22.3 Å². The van der Waals surface area contributed by atoms with Gasteiger partial charge in [-0.15, -0.1) is 0 Å². The number of fused-ring (bicyclic) bond motifs is 2. The molecule has 1 radical (unpaired) electrons. The van der Waals surface area contributed by atoms with Crippen LogP contribution in [0.5, 0.6) is 0 Å². The Labute approximate surface area is 104 Å². The molecule has 3 nitrogen and oxygen atoms in total. The number of ketones is 2. The third-order valence-corrected chi connectivity index (χ3v) is 3.19. The molecule has 0 bridgehead atoms. The van der Waals surface area contributed by atoms with Gasteiger partial charge in [-0.25, -0.2) is 5.11 Å². The number of rotatable bonds is 1. The number of hydrogen-bond acceptors (Lipinski definition) is 2. The third kappa shape index (κ3) is 1.34. The summed E-state index contributed by atoms with van der Waals surface area (Å²) in [6.45, 7) is -0.496. The molecule has 87 valence electrons. The second-order valence-corrected chi connectivity index (χ2v) is 4.19. The molecule has 0 fully saturated rings. The van der Waals surface area contributed by atoms with Crippen LogP contribution in [0.15, 0.2) is 42.5 Å². The third-order valence-electron chi connectivity index (χ3n) is 3.19. The van der Waals surface area contributed by atoms with Gasteiger partial charge in [-0.05, 0) is 5.56 Å². The Morgan fingerprint density at radius 1 is 0.722 bits per heavy atom. The van der Waals surface area contributed by atoms with Crippen molar-refractivity contribution in [1.29, 1.82) is 0 Å². The molecule has 0 spiro atoms. The van der Waals surface area contributed by atoms with E-state index in [4.69, 9.17) is 0 Å². The number of carbonyl (C=O) groups excluding carboxylic acids is 2. The molecule has 0 heterocycles. The maximum Gasteiger partial charge on any atom is 0.194 e. The average Bonchev–Trinajstić information content (AvgIpc) is 2.44. The molecule has 0 N–H and O–H groups in total. The summed E-state index contributed by atoms with van der Waals surface area (Å²) in [5.74, 6) is -0.415. The van der Waals surface area contributed by atoms with E-state index in [1.54, 1.807) is 42.5 Å². The van der Waals surface area contributed by atoms with Crippen LogP contribution in [0.3, 0.4) is 0 Å². The molecule has 2 aromatic carbocycles. The summed E-state index contributed by atoms with van der Waals surface area (Å²) in [6.07, 6.45) is 0. The number of hydrogen-bond donors (Lipinski definition) is 0. The molecule has 18 heavy (non-hydrogen) atoms. The summed E-state index contributed by atoms with van der Waals surface area (Å²) >= 11 is 0. The first kappa shape index (κ1) is 10.9. The minimum atomic E-state index is -0.496. The predicted molar refractivity (Wildman–Crippen MR) is 64.1 cm³/mol. The van der Waals surface area contributed by atoms with E-state index in [2.05, 4.69) is 0 Å². The highest BCUT2D eigenvalue weighted by molar-refractivity contribution is 6.28. The maximum absolute atomic E-state index is 12.3. The molecule has 0 saturated carbocycles. The van der Waals surface area contributed by atoms with Gasteiger partial charge >= 0.3 is 0 Å². The Morgan fingerprint density at radius 2 is 1.33 bits per heavy atom. The van der Waals surface area contributed by atoms with Crippen LogP contribution >= 0.6 is 0 Å². The first-order valence-corrected chi connectivity index (χ1v) is 5.62. The molecule has 0 amide bonds. The molecule has 3 heteroatoms. The molecule has 3 rings (SSSR count). The van der Waals surface area contributed by atoms with Crippen LogP contribution in [0.25, 0.3) is 0 Å². The first-order chi connectivity index (χ1) is 8.74. The summed E-state index contributed by atoms with van der Waals surface area (Å²) in [7, 11) is 0. The molecule has 2 aromatic rings. The SMILES string of the molecule is [O]Cc1cccc2c1C(=O)c1ccccc1C2=O. The summed E-state index contributed by atoms with van der Waals surface area (Å²) < 4.78 is 0. The zero-order valence-electron chi connectivity index (χ0n) is 9.47. The Hall–Kier alpha value is -2.26. The zero-order chi connectivity index (χ0) is 12.7. The molecule has 1 aliphatic rings. The molecule has 0 aliphatic heterocycles.